The number of hydrogen-bond donors (Lipinski definition) is 2. The van der Waals surface area contributed by atoms with Crippen molar-refractivity contribution in [1.29, 1.82) is 0 Å². The summed E-state index contributed by atoms with van der Waals surface area (Å²) in [7, 11) is 0. The Labute approximate surface area is 86.3 Å². The molecule has 0 rings (SSSR count). The average Bonchev–Trinajstić information content (AvgIpc) is 2.19. The third-order valence-corrected chi connectivity index (χ3v) is 1.28. The van der Waals surface area contributed by atoms with E-state index in [-0.39, 0.29) is 1.43 Å². The molecular weight excluding hydrogens is 178 g/mol. The van der Waals surface area contributed by atoms with Crippen LogP contribution in [0.15, 0.2) is 37.0 Å². The summed E-state index contributed by atoms with van der Waals surface area (Å²) in [5.74, 6) is 0. The normalized spacial score (nSPS) is 9.14. The Morgan fingerprint density at radius 1 is 1.50 bits per heavy atom. The van der Waals surface area contributed by atoms with Gasteiger partial charge in [0.25, 0.3) is 0 Å². The number of carbonyl (C=O) groups is 1. The van der Waals surface area contributed by atoms with Crippen molar-refractivity contribution in [3.63, 3.8) is 0 Å². The molecule has 0 aromatic carbocycles. The van der Waals surface area contributed by atoms with Gasteiger partial charge in [0.05, 0.1) is 0 Å². The van der Waals surface area contributed by atoms with Crippen LogP contribution < -0.4 is 5.32 Å². The highest BCUT2D eigenvalue weighted by atomic mass is 16.4. The van der Waals surface area contributed by atoms with E-state index < -0.39 is 6.09 Å². The van der Waals surface area contributed by atoms with Crippen molar-refractivity contribution < 1.29 is 11.3 Å². The van der Waals surface area contributed by atoms with Crippen LogP contribution in [-0.2, 0) is 0 Å². The fourth-order valence-corrected chi connectivity index (χ4v) is 0.719. The Morgan fingerprint density at radius 2 is 2.07 bits per heavy atom. The van der Waals surface area contributed by atoms with E-state index in [9.17, 15) is 4.79 Å². The van der Waals surface area contributed by atoms with Crippen LogP contribution in [0.1, 0.15) is 7.85 Å². The minimum absolute atomic E-state index is 0. The van der Waals surface area contributed by atoms with Gasteiger partial charge in [-0.3, -0.25) is 0 Å². The zero-order chi connectivity index (χ0) is 11.4. The predicted molar refractivity (Wildman–Crippen MR) is 61.1 cm³/mol. The number of carboxylic acid groups (broad SMARTS) is 1. The van der Waals surface area contributed by atoms with E-state index in [0.717, 1.165) is 5.57 Å². The zero-order valence-corrected chi connectivity index (χ0v) is 8.07. The highest BCUT2D eigenvalue weighted by molar-refractivity contribution is 5.64. The van der Waals surface area contributed by atoms with Gasteiger partial charge in [0.1, 0.15) is 0 Å². The Kier molecular flexibility index (Phi) is 11.5. The van der Waals surface area contributed by atoms with E-state index in [1.54, 1.807) is 18.2 Å². The lowest BCUT2D eigenvalue weighted by Gasteiger charge is -2.00. The second kappa shape index (κ2) is 11.1. The maximum absolute atomic E-state index is 10.1. The summed E-state index contributed by atoms with van der Waals surface area (Å²) in [4.78, 5) is 10.1. The summed E-state index contributed by atoms with van der Waals surface area (Å²) in [6.45, 7) is 7.52. The quantitative estimate of drug-likeness (QED) is 0.523. The summed E-state index contributed by atoms with van der Waals surface area (Å²) in [6, 6.07) is 0. The molecule has 78 valence electrons. The minimum atomic E-state index is -1.00. The fraction of sp³-hybridized carbons (Fsp3) is 0.182. The number of allylic oxidation sites excluding steroid dienone is 3. The van der Waals surface area contributed by atoms with Gasteiger partial charge in [-0.1, -0.05) is 31.4 Å². The van der Waals surface area contributed by atoms with Crippen LogP contribution in [0.25, 0.3) is 0 Å². The Bertz CT molecular complexity index is 244. The molecule has 0 heterocycles. The molecule has 14 heavy (non-hydrogen) atoms. The molecule has 0 aliphatic heterocycles. The van der Waals surface area contributed by atoms with Crippen molar-refractivity contribution in [3.8, 4) is 12.8 Å². The Balaban J connectivity index is -0.000000449. The molecule has 0 unspecified atom stereocenters. The van der Waals surface area contributed by atoms with Crippen LogP contribution in [0.4, 0.5) is 4.79 Å². The van der Waals surface area contributed by atoms with Crippen molar-refractivity contribution in [3.05, 3.63) is 37.0 Å². The molecule has 0 fully saturated rings. The molecule has 0 saturated carbocycles. The SMILES string of the molecule is C#C.C=C/C=C(\C=C)CCNC(=O)O.[HH]. The van der Waals surface area contributed by atoms with Gasteiger partial charge in [0, 0.05) is 7.97 Å². The van der Waals surface area contributed by atoms with Gasteiger partial charge in [0.15, 0.2) is 0 Å². The second-order valence-electron chi connectivity index (χ2n) is 2.16. The van der Waals surface area contributed by atoms with Crippen LogP contribution in [-0.4, -0.2) is 17.7 Å². The van der Waals surface area contributed by atoms with Crippen molar-refractivity contribution >= 4 is 6.09 Å². The zero-order valence-electron chi connectivity index (χ0n) is 8.07. The molecule has 0 bridgehead atoms. The van der Waals surface area contributed by atoms with Crippen LogP contribution in [0.2, 0.25) is 0 Å². The van der Waals surface area contributed by atoms with Gasteiger partial charge in [0.2, 0.25) is 0 Å². The van der Waals surface area contributed by atoms with Crippen LogP contribution >= 0.6 is 0 Å². The van der Waals surface area contributed by atoms with Gasteiger partial charge >= 0.3 is 6.09 Å². The Morgan fingerprint density at radius 3 is 2.43 bits per heavy atom. The summed E-state index contributed by atoms with van der Waals surface area (Å²) in [5, 5.41) is 10.5. The molecule has 0 aliphatic rings. The van der Waals surface area contributed by atoms with Gasteiger partial charge in [-0.05, 0) is 12.0 Å². The molecule has 0 aromatic heterocycles. The molecule has 0 saturated heterocycles. The molecular formula is C11H17NO2. The van der Waals surface area contributed by atoms with Gasteiger partial charge in [-0.25, -0.2) is 4.79 Å². The first-order chi connectivity index (χ1) is 6.70. The smallest absolute Gasteiger partial charge is 0.404 e. The van der Waals surface area contributed by atoms with Gasteiger partial charge in [-0.15, -0.1) is 12.8 Å². The van der Waals surface area contributed by atoms with Crippen LogP contribution in [0, 0.1) is 12.8 Å². The first-order valence-corrected chi connectivity index (χ1v) is 3.95. The number of rotatable bonds is 5. The number of hydrogen-bond acceptors (Lipinski definition) is 1. The predicted octanol–water partition coefficient (Wildman–Crippen LogP) is 2.44. The minimum Gasteiger partial charge on any atom is -0.465 e. The van der Waals surface area contributed by atoms with E-state index in [1.165, 1.54) is 0 Å². The lowest BCUT2D eigenvalue weighted by Crippen LogP contribution is -2.21. The van der Waals surface area contributed by atoms with Gasteiger partial charge in [-0.2, -0.15) is 0 Å². The van der Waals surface area contributed by atoms with Crippen molar-refractivity contribution in [2.75, 3.05) is 6.54 Å². The first-order valence-electron chi connectivity index (χ1n) is 3.95. The molecule has 2 N–H and O–H groups in total. The lowest BCUT2D eigenvalue weighted by atomic mass is 10.2. The van der Waals surface area contributed by atoms with Crippen LogP contribution in [0.5, 0.6) is 0 Å². The molecule has 0 atom stereocenters. The third-order valence-electron chi connectivity index (χ3n) is 1.28. The lowest BCUT2D eigenvalue weighted by molar-refractivity contribution is 0.194. The van der Waals surface area contributed by atoms with Crippen LogP contribution in [0.3, 0.4) is 0 Å². The average molecular weight is 195 g/mol. The van der Waals surface area contributed by atoms with E-state index >= 15 is 0 Å². The molecule has 3 nitrogen and oxygen atoms in total. The number of amides is 1. The maximum atomic E-state index is 10.1. The standard InChI is InChI=1S/C9H13NO2.C2H2.H2/c1-3-5-8(4-2)6-7-10-9(11)12;1-2;/h3-5,10H,1-2,6-7H2,(H,11,12);1-2H;1H/b8-5+;;. The molecule has 0 radical (unpaired) electrons. The highest BCUT2D eigenvalue weighted by Crippen LogP contribution is 2.00. The monoisotopic (exact) mass is 195 g/mol. The molecule has 1 amide bonds. The summed E-state index contributed by atoms with van der Waals surface area (Å²) >= 11 is 0. The van der Waals surface area contributed by atoms with Crippen molar-refractivity contribution in [2.24, 2.45) is 0 Å². The summed E-state index contributed by atoms with van der Waals surface area (Å²) < 4.78 is 0. The fourth-order valence-electron chi connectivity index (χ4n) is 0.719. The highest BCUT2D eigenvalue weighted by Gasteiger charge is 1.94. The third kappa shape index (κ3) is 10.0. The Hall–Kier alpha value is -1.95. The summed E-state index contributed by atoms with van der Waals surface area (Å²) in [5.41, 5.74) is 0.971. The van der Waals surface area contributed by atoms with E-state index in [1.807, 2.05) is 0 Å². The first kappa shape index (κ1) is 14.6. The molecule has 0 aliphatic carbocycles. The largest absolute Gasteiger partial charge is 0.465 e. The molecule has 3 heteroatoms. The number of nitrogens with one attached hydrogen (secondary N) is 1. The molecule has 0 spiro atoms. The van der Waals surface area contributed by atoms with Gasteiger partial charge < -0.3 is 10.4 Å². The number of terminal acetylenes is 1. The van der Waals surface area contributed by atoms with E-state index in [2.05, 4.69) is 31.3 Å². The molecule has 0 aromatic rings. The topological polar surface area (TPSA) is 49.3 Å². The maximum Gasteiger partial charge on any atom is 0.404 e. The summed E-state index contributed by atoms with van der Waals surface area (Å²) in [6.07, 6.45) is 12.8. The second-order valence-corrected chi connectivity index (χ2v) is 2.16. The van der Waals surface area contributed by atoms with Crippen molar-refractivity contribution in [2.45, 2.75) is 6.42 Å². The van der Waals surface area contributed by atoms with E-state index in [0.29, 0.717) is 13.0 Å². The van der Waals surface area contributed by atoms with Crippen molar-refractivity contribution in [1.82, 2.24) is 5.32 Å². The van der Waals surface area contributed by atoms with E-state index in [4.69, 9.17) is 5.11 Å².